The predicted octanol–water partition coefficient (Wildman–Crippen LogP) is 1.49. The van der Waals surface area contributed by atoms with Gasteiger partial charge in [-0.25, -0.2) is 0 Å². The van der Waals surface area contributed by atoms with Crippen LogP contribution in [0.3, 0.4) is 0 Å². The molecule has 1 heterocycles. The summed E-state index contributed by atoms with van der Waals surface area (Å²) < 4.78 is 5.20. The second kappa shape index (κ2) is 5.19. The summed E-state index contributed by atoms with van der Waals surface area (Å²) in [5.41, 5.74) is 1.38. The first-order valence-electron chi connectivity index (χ1n) is 4.23. The lowest BCUT2D eigenvalue weighted by atomic mass is 10.1. The van der Waals surface area contributed by atoms with E-state index in [1.54, 1.807) is 0 Å². The number of nitrogens with one attached hydrogen (secondary N) is 1. The molecule has 1 N–H and O–H groups in total. The van der Waals surface area contributed by atoms with Gasteiger partial charge in [0.05, 0.1) is 12.9 Å². The van der Waals surface area contributed by atoms with E-state index in [0.29, 0.717) is 0 Å². The van der Waals surface area contributed by atoms with Gasteiger partial charge in [-0.2, -0.15) is 0 Å². The second-order valence-corrected chi connectivity index (χ2v) is 2.78. The number of rotatable bonds is 4. The molecular weight excluding hydrogens is 138 g/mol. The molecule has 0 unspecified atom stereocenters. The Morgan fingerprint density at radius 1 is 1.64 bits per heavy atom. The molecule has 1 rings (SSSR count). The molecule has 0 bridgehead atoms. The standard InChI is InChI=1S/C9H16NO/c1-2-5-10-7-9-4-3-6-11-8-9/h8,10H,1-7H2. The van der Waals surface area contributed by atoms with Crippen LogP contribution in [0.5, 0.6) is 0 Å². The molecule has 1 radical (unpaired) electrons. The van der Waals surface area contributed by atoms with Crippen molar-refractivity contribution in [1.82, 2.24) is 5.32 Å². The Balaban J connectivity index is 2.09. The highest BCUT2D eigenvalue weighted by molar-refractivity contribution is 5.02. The van der Waals surface area contributed by atoms with Crippen molar-refractivity contribution in [1.29, 1.82) is 0 Å². The van der Waals surface area contributed by atoms with E-state index >= 15 is 0 Å². The predicted molar refractivity (Wildman–Crippen MR) is 46.1 cm³/mol. The van der Waals surface area contributed by atoms with E-state index in [1.807, 2.05) is 6.26 Å². The molecule has 0 saturated heterocycles. The monoisotopic (exact) mass is 154 g/mol. The number of hydrogen-bond acceptors (Lipinski definition) is 2. The third kappa shape index (κ3) is 3.42. The smallest absolute Gasteiger partial charge is 0.0876 e. The maximum Gasteiger partial charge on any atom is 0.0876 e. The number of hydrogen-bond donors (Lipinski definition) is 1. The van der Waals surface area contributed by atoms with E-state index in [0.717, 1.165) is 32.5 Å². The molecule has 1 aliphatic rings. The minimum Gasteiger partial charge on any atom is -0.501 e. The molecule has 0 amide bonds. The van der Waals surface area contributed by atoms with Crippen molar-refractivity contribution in [3.8, 4) is 0 Å². The molecule has 0 aliphatic carbocycles. The summed E-state index contributed by atoms with van der Waals surface area (Å²) in [6, 6.07) is 0. The highest BCUT2D eigenvalue weighted by Gasteiger charge is 2.02. The van der Waals surface area contributed by atoms with Crippen molar-refractivity contribution in [3.63, 3.8) is 0 Å². The molecule has 0 spiro atoms. The van der Waals surface area contributed by atoms with Crippen molar-refractivity contribution < 1.29 is 4.74 Å². The lowest BCUT2D eigenvalue weighted by Gasteiger charge is -2.13. The normalized spacial score (nSPS) is 17.4. The zero-order valence-corrected chi connectivity index (χ0v) is 6.94. The summed E-state index contributed by atoms with van der Waals surface area (Å²) in [6.07, 6.45) is 5.19. The fourth-order valence-corrected chi connectivity index (χ4v) is 1.12. The van der Waals surface area contributed by atoms with Crippen molar-refractivity contribution in [2.75, 3.05) is 19.7 Å². The fourth-order valence-electron chi connectivity index (χ4n) is 1.12. The van der Waals surface area contributed by atoms with Crippen LogP contribution in [0.2, 0.25) is 0 Å². The molecule has 2 heteroatoms. The van der Waals surface area contributed by atoms with Crippen LogP contribution in [-0.2, 0) is 4.74 Å². The van der Waals surface area contributed by atoms with E-state index in [4.69, 9.17) is 4.74 Å². The first kappa shape index (κ1) is 8.60. The van der Waals surface area contributed by atoms with Gasteiger partial charge in [-0.1, -0.05) is 6.92 Å². The molecule has 1 aliphatic heterocycles. The molecule has 0 aromatic rings. The Bertz CT molecular complexity index is 132. The summed E-state index contributed by atoms with van der Waals surface area (Å²) in [5, 5.41) is 3.29. The van der Waals surface area contributed by atoms with Gasteiger partial charge in [0.2, 0.25) is 0 Å². The van der Waals surface area contributed by atoms with Gasteiger partial charge in [0.1, 0.15) is 0 Å². The third-order valence-electron chi connectivity index (χ3n) is 1.72. The Hall–Kier alpha value is -0.500. The summed E-state index contributed by atoms with van der Waals surface area (Å²) >= 11 is 0. The lowest BCUT2D eigenvalue weighted by molar-refractivity contribution is 0.223. The fraction of sp³-hybridized carbons (Fsp3) is 0.667. The van der Waals surface area contributed by atoms with Crippen LogP contribution in [0.25, 0.3) is 0 Å². The van der Waals surface area contributed by atoms with E-state index in [9.17, 15) is 0 Å². The van der Waals surface area contributed by atoms with Gasteiger partial charge in [0.15, 0.2) is 0 Å². The highest BCUT2D eigenvalue weighted by atomic mass is 16.5. The average Bonchev–Trinajstić information content (AvgIpc) is 2.07. The van der Waals surface area contributed by atoms with E-state index in [1.165, 1.54) is 12.0 Å². The van der Waals surface area contributed by atoms with Gasteiger partial charge < -0.3 is 10.1 Å². The molecule has 11 heavy (non-hydrogen) atoms. The largest absolute Gasteiger partial charge is 0.501 e. The maximum atomic E-state index is 5.20. The van der Waals surface area contributed by atoms with Crippen LogP contribution < -0.4 is 5.32 Å². The molecule has 0 saturated carbocycles. The molecule has 0 aromatic carbocycles. The van der Waals surface area contributed by atoms with Crippen molar-refractivity contribution in [2.24, 2.45) is 0 Å². The third-order valence-corrected chi connectivity index (χ3v) is 1.72. The van der Waals surface area contributed by atoms with Gasteiger partial charge in [0.25, 0.3) is 0 Å². The first-order chi connectivity index (χ1) is 5.43. The van der Waals surface area contributed by atoms with E-state index in [-0.39, 0.29) is 0 Å². The minimum atomic E-state index is 0.888. The quantitative estimate of drug-likeness (QED) is 0.619. The van der Waals surface area contributed by atoms with Gasteiger partial charge in [0, 0.05) is 6.54 Å². The van der Waals surface area contributed by atoms with Crippen LogP contribution in [-0.4, -0.2) is 19.7 Å². The molecular formula is C9H16NO. The number of ether oxygens (including phenoxy) is 1. The van der Waals surface area contributed by atoms with Crippen LogP contribution in [0.1, 0.15) is 19.3 Å². The average molecular weight is 154 g/mol. The summed E-state index contributed by atoms with van der Waals surface area (Å²) in [7, 11) is 0. The zero-order chi connectivity index (χ0) is 7.94. The van der Waals surface area contributed by atoms with E-state index in [2.05, 4.69) is 12.2 Å². The Morgan fingerprint density at radius 2 is 2.55 bits per heavy atom. The lowest BCUT2D eigenvalue weighted by Crippen LogP contribution is -2.19. The van der Waals surface area contributed by atoms with E-state index < -0.39 is 0 Å². The first-order valence-corrected chi connectivity index (χ1v) is 4.23. The van der Waals surface area contributed by atoms with Gasteiger partial charge in [-0.3, -0.25) is 0 Å². The highest BCUT2D eigenvalue weighted by Crippen LogP contribution is 2.09. The van der Waals surface area contributed by atoms with Crippen LogP contribution in [0, 0.1) is 6.92 Å². The summed E-state index contributed by atoms with van der Waals surface area (Å²) in [4.78, 5) is 0. The maximum absolute atomic E-state index is 5.20. The molecule has 0 fully saturated rings. The van der Waals surface area contributed by atoms with Crippen molar-refractivity contribution in [3.05, 3.63) is 18.8 Å². The van der Waals surface area contributed by atoms with Crippen LogP contribution in [0.4, 0.5) is 0 Å². The zero-order valence-electron chi connectivity index (χ0n) is 6.94. The Morgan fingerprint density at radius 3 is 3.18 bits per heavy atom. The summed E-state index contributed by atoms with van der Waals surface area (Å²) in [6.45, 7) is 6.61. The van der Waals surface area contributed by atoms with Gasteiger partial charge in [-0.15, -0.1) is 0 Å². The topological polar surface area (TPSA) is 21.3 Å². The van der Waals surface area contributed by atoms with Gasteiger partial charge in [-0.05, 0) is 31.4 Å². The van der Waals surface area contributed by atoms with Crippen LogP contribution >= 0.6 is 0 Å². The molecule has 0 aromatic heterocycles. The summed E-state index contributed by atoms with van der Waals surface area (Å²) in [5.74, 6) is 0. The van der Waals surface area contributed by atoms with Gasteiger partial charge >= 0.3 is 0 Å². The molecule has 0 atom stereocenters. The van der Waals surface area contributed by atoms with Crippen molar-refractivity contribution >= 4 is 0 Å². The minimum absolute atomic E-state index is 0.888. The Kier molecular flexibility index (Phi) is 4.06. The Labute approximate surface area is 68.6 Å². The van der Waals surface area contributed by atoms with Crippen molar-refractivity contribution in [2.45, 2.75) is 19.3 Å². The second-order valence-electron chi connectivity index (χ2n) is 2.78. The molecule has 2 nitrogen and oxygen atoms in total. The SMILES string of the molecule is [CH2]CCNCC1=COCCC1. The van der Waals surface area contributed by atoms with Crippen LogP contribution in [0.15, 0.2) is 11.8 Å². The molecule has 63 valence electrons.